The lowest BCUT2D eigenvalue weighted by atomic mass is 10.0. The number of halogens is 1. The van der Waals surface area contributed by atoms with E-state index in [4.69, 9.17) is 17.3 Å². The molecule has 1 heterocycles. The van der Waals surface area contributed by atoms with Crippen LogP contribution in [0, 0.1) is 6.92 Å². The molecule has 0 saturated heterocycles. The number of anilines is 1. The van der Waals surface area contributed by atoms with Crippen molar-refractivity contribution in [2.45, 2.75) is 6.92 Å². The SMILES string of the molecule is Cc1ccc(C(=O)c2c(Cl)cnn2C)cc1N. The summed E-state index contributed by atoms with van der Waals surface area (Å²) in [6.45, 7) is 1.89. The molecule has 88 valence electrons. The van der Waals surface area contributed by atoms with Gasteiger partial charge in [0.2, 0.25) is 5.78 Å². The largest absolute Gasteiger partial charge is 0.398 e. The Kier molecular flexibility index (Phi) is 2.90. The van der Waals surface area contributed by atoms with Gasteiger partial charge >= 0.3 is 0 Å². The van der Waals surface area contributed by atoms with Crippen LogP contribution in [-0.4, -0.2) is 15.6 Å². The van der Waals surface area contributed by atoms with Crippen molar-refractivity contribution < 1.29 is 4.79 Å². The monoisotopic (exact) mass is 249 g/mol. The summed E-state index contributed by atoms with van der Waals surface area (Å²) in [5.74, 6) is -0.179. The minimum atomic E-state index is -0.179. The molecule has 0 aliphatic heterocycles. The first-order chi connectivity index (χ1) is 8.00. The van der Waals surface area contributed by atoms with Gasteiger partial charge in [0.15, 0.2) is 0 Å². The predicted octanol–water partition coefficient (Wildman–Crippen LogP) is 2.20. The van der Waals surface area contributed by atoms with Crippen molar-refractivity contribution >= 4 is 23.1 Å². The molecule has 0 atom stereocenters. The van der Waals surface area contributed by atoms with Crippen molar-refractivity contribution in [2.75, 3.05) is 5.73 Å². The van der Waals surface area contributed by atoms with Crippen LogP contribution in [0.3, 0.4) is 0 Å². The highest BCUT2D eigenvalue weighted by Gasteiger charge is 2.17. The number of carbonyl (C=O) groups is 1. The number of nitrogens with two attached hydrogens (primary N) is 1. The zero-order valence-corrected chi connectivity index (χ0v) is 10.3. The molecule has 0 unspecified atom stereocenters. The molecule has 0 spiro atoms. The van der Waals surface area contributed by atoms with Crippen molar-refractivity contribution in [3.05, 3.63) is 46.2 Å². The number of rotatable bonds is 2. The highest BCUT2D eigenvalue weighted by atomic mass is 35.5. The van der Waals surface area contributed by atoms with Crippen molar-refractivity contribution in [3.8, 4) is 0 Å². The molecule has 4 nitrogen and oxygen atoms in total. The first-order valence-corrected chi connectivity index (χ1v) is 5.47. The zero-order valence-electron chi connectivity index (χ0n) is 9.57. The molecule has 0 aliphatic rings. The number of benzene rings is 1. The number of aryl methyl sites for hydroxylation is 2. The third kappa shape index (κ3) is 2.03. The van der Waals surface area contributed by atoms with Crippen LogP contribution in [0.4, 0.5) is 5.69 Å². The molecule has 1 aromatic heterocycles. The molecule has 0 bridgehead atoms. The molecule has 5 heteroatoms. The van der Waals surface area contributed by atoms with Crippen molar-refractivity contribution in [1.82, 2.24) is 9.78 Å². The number of hydrogen-bond donors (Lipinski definition) is 1. The number of nitrogens with zero attached hydrogens (tertiary/aromatic N) is 2. The molecule has 2 rings (SSSR count). The summed E-state index contributed by atoms with van der Waals surface area (Å²) in [6.07, 6.45) is 1.45. The van der Waals surface area contributed by atoms with Crippen LogP contribution < -0.4 is 5.73 Å². The molecule has 2 N–H and O–H groups in total. The Balaban J connectivity index is 2.48. The molecule has 0 aliphatic carbocycles. The van der Waals surface area contributed by atoms with Gasteiger partial charge in [-0.3, -0.25) is 9.48 Å². The van der Waals surface area contributed by atoms with Crippen LogP contribution in [0.25, 0.3) is 0 Å². The number of nitrogen functional groups attached to an aromatic ring is 1. The van der Waals surface area contributed by atoms with Crippen LogP contribution >= 0.6 is 11.6 Å². The van der Waals surface area contributed by atoms with Crippen LogP contribution in [-0.2, 0) is 7.05 Å². The molecule has 17 heavy (non-hydrogen) atoms. The van der Waals surface area contributed by atoms with E-state index in [1.807, 2.05) is 13.0 Å². The fourth-order valence-corrected chi connectivity index (χ4v) is 1.84. The Labute approximate surface area is 104 Å². The van der Waals surface area contributed by atoms with Crippen LogP contribution in [0.1, 0.15) is 21.6 Å². The van der Waals surface area contributed by atoms with E-state index in [2.05, 4.69) is 5.10 Å². The molecular formula is C12H12ClN3O. The minimum absolute atomic E-state index is 0.179. The fourth-order valence-electron chi connectivity index (χ4n) is 1.58. The maximum Gasteiger partial charge on any atom is 0.212 e. The summed E-state index contributed by atoms with van der Waals surface area (Å²) < 4.78 is 1.46. The second kappa shape index (κ2) is 4.22. The average Bonchev–Trinajstić information content (AvgIpc) is 2.62. The molecule has 2 aromatic rings. The van der Waals surface area contributed by atoms with E-state index < -0.39 is 0 Å². The highest BCUT2D eigenvalue weighted by molar-refractivity contribution is 6.34. The van der Waals surface area contributed by atoms with Gasteiger partial charge in [0, 0.05) is 18.3 Å². The van der Waals surface area contributed by atoms with Crippen LogP contribution in [0.15, 0.2) is 24.4 Å². The minimum Gasteiger partial charge on any atom is -0.398 e. The maximum atomic E-state index is 12.2. The van der Waals surface area contributed by atoms with E-state index in [9.17, 15) is 4.79 Å². The lowest BCUT2D eigenvalue weighted by Gasteiger charge is -2.05. The third-order valence-electron chi connectivity index (χ3n) is 2.65. The van der Waals surface area contributed by atoms with E-state index in [-0.39, 0.29) is 5.78 Å². The number of ketones is 1. The molecule has 0 fully saturated rings. The van der Waals surface area contributed by atoms with Gasteiger partial charge in [-0.15, -0.1) is 0 Å². The highest BCUT2D eigenvalue weighted by Crippen LogP contribution is 2.20. The van der Waals surface area contributed by atoms with Crippen LogP contribution in [0.2, 0.25) is 5.02 Å². The van der Waals surface area contributed by atoms with E-state index in [0.29, 0.717) is 22.0 Å². The van der Waals surface area contributed by atoms with E-state index in [1.54, 1.807) is 19.2 Å². The zero-order chi connectivity index (χ0) is 12.6. The normalized spacial score (nSPS) is 10.5. The Bertz CT molecular complexity index is 570. The van der Waals surface area contributed by atoms with Crippen molar-refractivity contribution in [2.24, 2.45) is 7.05 Å². The molecule has 0 amide bonds. The first-order valence-electron chi connectivity index (χ1n) is 5.09. The smallest absolute Gasteiger partial charge is 0.212 e. The third-order valence-corrected chi connectivity index (χ3v) is 2.93. The second-order valence-corrected chi connectivity index (χ2v) is 4.27. The summed E-state index contributed by atoms with van der Waals surface area (Å²) in [7, 11) is 1.68. The summed E-state index contributed by atoms with van der Waals surface area (Å²) in [5.41, 5.74) is 8.20. The van der Waals surface area contributed by atoms with Gasteiger partial charge in [-0.1, -0.05) is 23.7 Å². The van der Waals surface area contributed by atoms with Crippen molar-refractivity contribution in [1.29, 1.82) is 0 Å². The van der Waals surface area contributed by atoms with E-state index in [0.717, 1.165) is 5.56 Å². The van der Waals surface area contributed by atoms with Crippen LogP contribution in [0.5, 0.6) is 0 Å². The Morgan fingerprint density at radius 3 is 2.71 bits per heavy atom. The summed E-state index contributed by atoms with van der Waals surface area (Å²) in [6, 6.07) is 5.20. The van der Waals surface area contributed by atoms with Gasteiger partial charge in [0.05, 0.1) is 11.2 Å². The summed E-state index contributed by atoms with van der Waals surface area (Å²) in [5, 5.41) is 4.28. The Hall–Kier alpha value is -1.81. The molecule has 0 radical (unpaired) electrons. The van der Waals surface area contributed by atoms with Gasteiger partial charge < -0.3 is 5.73 Å². The summed E-state index contributed by atoms with van der Waals surface area (Å²) in [4.78, 5) is 12.2. The topological polar surface area (TPSA) is 60.9 Å². The van der Waals surface area contributed by atoms with E-state index in [1.165, 1.54) is 10.9 Å². The molecule has 1 aromatic carbocycles. The predicted molar refractivity (Wildman–Crippen MR) is 67.2 cm³/mol. The standard InChI is InChI=1S/C12H12ClN3O/c1-7-3-4-8(5-10(7)14)12(17)11-9(13)6-15-16(11)2/h3-6H,14H2,1-2H3. The van der Waals surface area contributed by atoms with E-state index >= 15 is 0 Å². The maximum absolute atomic E-state index is 12.2. The number of carbonyl (C=O) groups excluding carboxylic acids is 1. The summed E-state index contributed by atoms with van der Waals surface area (Å²) >= 11 is 5.93. The first kappa shape index (κ1) is 11.7. The lowest BCUT2D eigenvalue weighted by Crippen LogP contribution is -2.09. The lowest BCUT2D eigenvalue weighted by molar-refractivity contribution is 0.103. The Morgan fingerprint density at radius 2 is 2.18 bits per heavy atom. The van der Waals surface area contributed by atoms with Gasteiger partial charge in [-0.25, -0.2) is 0 Å². The fraction of sp³-hybridized carbons (Fsp3) is 0.167. The molecular weight excluding hydrogens is 238 g/mol. The number of hydrogen-bond acceptors (Lipinski definition) is 3. The van der Waals surface area contributed by atoms with Gasteiger partial charge in [0.25, 0.3) is 0 Å². The number of aromatic nitrogens is 2. The van der Waals surface area contributed by atoms with Gasteiger partial charge in [-0.05, 0) is 18.6 Å². The quantitative estimate of drug-likeness (QED) is 0.656. The molecule has 0 saturated carbocycles. The Morgan fingerprint density at radius 1 is 1.47 bits per heavy atom. The van der Waals surface area contributed by atoms with Gasteiger partial charge in [0.1, 0.15) is 5.69 Å². The second-order valence-electron chi connectivity index (χ2n) is 3.87. The van der Waals surface area contributed by atoms with Gasteiger partial charge in [-0.2, -0.15) is 5.10 Å². The van der Waals surface area contributed by atoms with Crippen molar-refractivity contribution in [3.63, 3.8) is 0 Å². The average molecular weight is 250 g/mol.